The molecule has 1 saturated heterocycles. The fourth-order valence-corrected chi connectivity index (χ4v) is 3.36. The third-order valence-corrected chi connectivity index (χ3v) is 4.81. The minimum atomic E-state index is -0.371. The first-order valence-corrected chi connectivity index (χ1v) is 8.00. The van der Waals surface area contributed by atoms with Gasteiger partial charge in [-0.3, -0.25) is 18.8 Å². The zero-order valence-electron chi connectivity index (χ0n) is 13.6. The standard InChI is InChI=1S/C15H23N5O3/c1-17-13-12(14(22)18(2)15(17)23)20(10-16-13)8-7-19-6-4-3-5-11(19)9-21/h10-11,21H,3-9H2,1-2H3/t11-/m1/s1. The molecular weight excluding hydrogens is 298 g/mol. The van der Waals surface area contributed by atoms with Crippen LogP contribution in [0.4, 0.5) is 0 Å². The van der Waals surface area contributed by atoms with Crippen molar-refractivity contribution in [2.45, 2.75) is 31.8 Å². The molecule has 1 aliphatic heterocycles. The zero-order valence-corrected chi connectivity index (χ0v) is 13.6. The van der Waals surface area contributed by atoms with Crippen molar-refractivity contribution in [1.82, 2.24) is 23.6 Å². The van der Waals surface area contributed by atoms with Crippen LogP contribution in [0.1, 0.15) is 19.3 Å². The Hall–Kier alpha value is -1.93. The van der Waals surface area contributed by atoms with Crippen molar-refractivity contribution in [3.05, 3.63) is 27.2 Å². The van der Waals surface area contributed by atoms with E-state index in [0.717, 1.165) is 36.9 Å². The van der Waals surface area contributed by atoms with Gasteiger partial charge in [0.25, 0.3) is 5.56 Å². The van der Waals surface area contributed by atoms with Gasteiger partial charge in [-0.05, 0) is 19.4 Å². The summed E-state index contributed by atoms with van der Waals surface area (Å²) in [5.74, 6) is 0. The van der Waals surface area contributed by atoms with Crippen LogP contribution in [0.5, 0.6) is 0 Å². The minimum Gasteiger partial charge on any atom is -0.395 e. The van der Waals surface area contributed by atoms with Gasteiger partial charge in [0.1, 0.15) is 0 Å². The smallest absolute Gasteiger partial charge is 0.332 e. The third-order valence-electron chi connectivity index (χ3n) is 4.81. The van der Waals surface area contributed by atoms with Gasteiger partial charge in [-0.1, -0.05) is 6.42 Å². The Balaban J connectivity index is 1.89. The van der Waals surface area contributed by atoms with Gasteiger partial charge in [-0.25, -0.2) is 9.78 Å². The van der Waals surface area contributed by atoms with E-state index in [1.165, 1.54) is 11.6 Å². The van der Waals surface area contributed by atoms with E-state index in [2.05, 4.69) is 9.88 Å². The molecule has 0 unspecified atom stereocenters. The normalized spacial score (nSPS) is 19.5. The predicted molar refractivity (Wildman–Crippen MR) is 86.5 cm³/mol. The van der Waals surface area contributed by atoms with Crippen molar-refractivity contribution in [2.75, 3.05) is 19.7 Å². The highest BCUT2D eigenvalue weighted by Gasteiger charge is 2.22. The summed E-state index contributed by atoms with van der Waals surface area (Å²) in [6.07, 6.45) is 4.91. The van der Waals surface area contributed by atoms with Crippen LogP contribution in [-0.2, 0) is 20.6 Å². The Morgan fingerprint density at radius 2 is 2.00 bits per heavy atom. The molecule has 126 valence electrons. The maximum absolute atomic E-state index is 12.4. The van der Waals surface area contributed by atoms with Crippen molar-refractivity contribution in [1.29, 1.82) is 0 Å². The molecule has 2 aromatic heterocycles. The molecule has 0 saturated carbocycles. The fourth-order valence-electron chi connectivity index (χ4n) is 3.36. The lowest BCUT2D eigenvalue weighted by Crippen LogP contribution is -2.43. The molecule has 0 spiro atoms. The van der Waals surface area contributed by atoms with Crippen LogP contribution in [0.15, 0.2) is 15.9 Å². The van der Waals surface area contributed by atoms with E-state index in [9.17, 15) is 14.7 Å². The number of aryl methyl sites for hydroxylation is 1. The average Bonchev–Trinajstić information content (AvgIpc) is 3.00. The largest absolute Gasteiger partial charge is 0.395 e. The lowest BCUT2D eigenvalue weighted by Gasteiger charge is -2.34. The van der Waals surface area contributed by atoms with Crippen LogP contribution < -0.4 is 11.2 Å². The van der Waals surface area contributed by atoms with E-state index in [1.54, 1.807) is 17.9 Å². The highest BCUT2D eigenvalue weighted by Crippen LogP contribution is 2.16. The highest BCUT2D eigenvalue weighted by atomic mass is 16.3. The van der Waals surface area contributed by atoms with Gasteiger partial charge in [0.05, 0.1) is 12.9 Å². The van der Waals surface area contributed by atoms with Crippen LogP contribution in [0, 0.1) is 0 Å². The van der Waals surface area contributed by atoms with E-state index < -0.39 is 0 Å². The summed E-state index contributed by atoms with van der Waals surface area (Å²) in [5, 5.41) is 9.49. The first-order valence-electron chi connectivity index (χ1n) is 8.00. The molecule has 8 nitrogen and oxygen atoms in total. The van der Waals surface area contributed by atoms with E-state index >= 15 is 0 Å². The van der Waals surface area contributed by atoms with Crippen molar-refractivity contribution >= 4 is 11.2 Å². The molecule has 3 rings (SSSR count). The molecular formula is C15H23N5O3. The zero-order chi connectivity index (χ0) is 16.6. The summed E-state index contributed by atoms with van der Waals surface area (Å²) < 4.78 is 4.31. The monoisotopic (exact) mass is 321 g/mol. The topological polar surface area (TPSA) is 85.3 Å². The Kier molecular flexibility index (Phi) is 4.36. The summed E-state index contributed by atoms with van der Waals surface area (Å²) >= 11 is 0. The molecule has 23 heavy (non-hydrogen) atoms. The second kappa shape index (κ2) is 6.29. The summed E-state index contributed by atoms with van der Waals surface area (Å²) in [5.41, 5.74) is 0.171. The first-order chi connectivity index (χ1) is 11.0. The number of hydrogen-bond acceptors (Lipinski definition) is 5. The minimum absolute atomic E-state index is 0.168. The molecule has 0 aromatic carbocycles. The molecule has 1 fully saturated rings. The molecule has 1 aliphatic rings. The van der Waals surface area contributed by atoms with Crippen molar-refractivity contribution in [3.8, 4) is 0 Å². The second-order valence-corrected chi connectivity index (χ2v) is 6.18. The number of aromatic nitrogens is 4. The molecule has 0 amide bonds. The van der Waals surface area contributed by atoms with Gasteiger partial charge in [0.2, 0.25) is 0 Å². The Morgan fingerprint density at radius 3 is 2.74 bits per heavy atom. The van der Waals surface area contributed by atoms with Crippen LogP contribution in [0.3, 0.4) is 0 Å². The number of nitrogens with zero attached hydrogens (tertiary/aromatic N) is 5. The van der Waals surface area contributed by atoms with E-state index in [0.29, 0.717) is 17.7 Å². The fraction of sp³-hybridized carbons (Fsp3) is 0.667. The first kappa shape index (κ1) is 15.9. The van der Waals surface area contributed by atoms with Gasteiger partial charge in [0, 0.05) is 33.2 Å². The van der Waals surface area contributed by atoms with E-state index in [4.69, 9.17) is 0 Å². The molecule has 1 atom stereocenters. The van der Waals surface area contributed by atoms with Crippen LogP contribution in [0.25, 0.3) is 11.2 Å². The summed E-state index contributed by atoms with van der Waals surface area (Å²) in [7, 11) is 3.10. The second-order valence-electron chi connectivity index (χ2n) is 6.18. The molecule has 3 heterocycles. The lowest BCUT2D eigenvalue weighted by atomic mass is 10.0. The van der Waals surface area contributed by atoms with E-state index in [-0.39, 0.29) is 23.9 Å². The van der Waals surface area contributed by atoms with Crippen LogP contribution in [0.2, 0.25) is 0 Å². The summed E-state index contributed by atoms with van der Waals surface area (Å²) in [4.78, 5) is 30.8. The maximum atomic E-state index is 12.4. The summed E-state index contributed by atoms with van der Waals surface area (Å²) in [6, 6.07) is 0.200. The summed E-state index contributed by atoms with van der Waals surface area (Å²) in [6.45, 7) is 2.50. The molecule has 0 radical (unpaired) electrons. The third kappa shape index (κ3) is 2.72. The molecule has 1 N–H and O–H groups in total. The SMILES string of the molecule is Cn1c(=O)c2c(ncn2CCN2CCCC[C@@H]2CO)n(C)c1=O. The van der Waals surface area contributed by atoms with E-state index in [1.807, 2.05) is 0 Å². The van der Waals surface area contributed by atoms with Crippen LogP contribution in [-0.4, -0.2) is 54.4 Å². The average molecular weight is 321 g/mol. The van der Waals surface area contributed by atoms with Gasteiger partial charge >= 0.3 is 5.69 Å². The quantitative estimate of drug-likeness (QED) is 0.803. The van der Waals surface area contributed by atoms with Crippen LogP contribution >= 0.6 is 0 Å². The number of imidazole rings is 1. The number of fused-ring (bicyclic) bond motifs is 1. The number of aliphatic hydroxyl groups excluding tert-OH is 1. The number of likely N-dealkylation sites (tertiary alicyclic amines) is 1. The maximum Gasteiger partial charge on any atom is 0.332 e. The molecule has 0 bridgehead atoms. The van der Waals surface area contributed by atoms with Crippen molar-refractivity contribution in [3.63, 3.8) is 0 Å². The van der Waals surface area contributed by atoms with Gasteiger partial charge in [-0.15, -0.1) is 0 Å². The van der Waals surface area contributed by atoms with Gasteiger partial charge in [0.15, 0.2) is 11.2 Å². The Labute approximate surface area is 133 Å². The van der Waals surface area contributed by atoms with Crippen molar-refractivity contribution < 1.29 is 5.11 Å². The molecule has 2 aromatic rings. The highest BCUT2D eigenvalue weighted by molar-refractivity contribution is 5.69. The Bertz CT molecular complexity index is 819. The number of hydrogen-bond donors (Lipinski definition) is 1. The Morgan fingerprint density at radius 1 is 1.22 bits per heavy atom. The van der Waals surface area contributed by atoms with Gasteiger partial charge < -0.3 is 9.67 Å². The molecule has 8 heteroatoms. The number of rotatable bonds is 4. The number of piperidine rings is 1. The number of aliphatic hydroxyl groups is 1. The predicted octanol–water partition coefficient (Wildman–Crippen LogP) is -0.719. The molecule has 0 aliphatic carbocycles. The van der Waals surface area contributed by atoms with Gasteiger partial charge in [-0.2, -0.15) is 0 Å². The van der Waals surface area contributed by atoms with Crippen molar-refractivity contribution in [2.24, 2.45) is 14.1 Å². The lowest BCUT2D eigenvalue weighted by molar-refractivity contribution is 0.0874.